The molecule has 0 aromatic heterocycles. The van der Waals surface area contributed by atoms with Crippen molar-refractivity contribution in [2.45, 2.75) is 45.0 Å². The van der Waals surface area contributed by atoms with Crippen LogP contribution in [0, 0.1) is 11.3 Å². The molecule has 1 aliphatic carbocycles. The Bertz CT molecular complexity index is 491. The van der Waals surface area contributed by atoms with Gasteiger partial charge in [-0.25, -0.2) is 4.79 Å². The van der Waals surface area contributed by atoms with Crippen molar-refractivity contribution in [3.8, 4) is 0 Å². The number of carbonyl (C=O) groups is 2. The van der Waals surface area contributed by atoms with Crippen LogP contribution in [0.2, 0.25) is 0 Å². The molecular weight excluding hydrogens is 327 g/mol. The summed E-state index contributed by atoms with van der Waals surface area (Å²) in [6, 6.07) is -1.94. The van der Waals surface area contributed by atoms with Gasteiger partial charge < -0.3 is 14.4 Å². The Labute approximate surface area is 130 Å². The van der Waals surface area contributed by atoms with Gasteiger partial charge in [0.05, 0.1) is 6.04 Å². The molecule has 2 rings (SSSR count). The van der Waals surface area contributed by atoms with Crippen LogP contribution in [0.4, 0.5) is 18.0 Å². The predicted octanol–water partition coefficient (Wildman–Crippen LogP) is 2.91. The fraction of sp³-hybridized carbons (Fsp3) is 0.846. The van der Waals surface area contributed by atoms with Crippen LogP contribution in [0.1, 0.15) is 27.2 Å². The molecule has 1 saturated heterocycles. The molecule has 1 aliphatic heterocycles. The molecule has 9 heteroatoms. The Kier molecular flexibility index (Phi) is 4.04. The Morgan fingerprint density at radius 3 is 2.36 bits per heavy atom. The minimum atomic E-state index is -4.81. The van der Waals surface area contributed by atoms with Crippen LogP contribution in [-0.2, 0) is 14.3 Å². The van der Waals surface area contributed by atoms with Gasteiger partial charge in [0.15, 0.2) is 11.5 Å². The zero-order chi connectivity index (χ0) is 16.9. The molecular formula is C13H17ClF3NO4. The number of amides is 1. The number of ether oxygens (including phenoxy) is 2. The molecule has 126 valence electrons. The number of fused-ring (bicyclic) bond motifs is 1. The largest absolute Gasteiger partial charge is 0.449 e. The minimum absolute atomic E-state index is 0.0702. The first-order valence-corrected chi connectivity index (χ1v) is 7.29. The van der Waals surface area contributed by atoms with Gasteiger partial charge in [-0.05, 0) is 27.2 Å². The maximum Gasteiger partial charge on any atom is 0.410 e. The summed E-state index contributed by atoms with van der Waals surface area (Å²) in [5.41, 5.74) is -3.52. The summed E-state index contributed by atoms with van der Waals surface area (Å²) in [6.07, 6.45) is -5.60. The SMILES string of the molecule is CC(C)(C)OC(=O)N1CC[C@@H]2[C@H]1[C@@]2(C(=O)OCCl)C(F)(F)F. The highest BCUT2D eigenvalue weighted by Crippen LogP contribution is 2.69. The van der Waals surface area contributed by atoms with Crippen LogP contribution in [-0.4, -0.2) is 47.4 Å². The standard InChI is InChI=1S/C13H17ClF3NO4/c1-11(2,3)22-10(20)18-5-4-7-8(18)12(7,13(15,16)17)9(19)21-6-14/h7-8H,4-6H2,1-3H3/t7-,8+,12+/m1/s1. The van der Waals surface area contributed by atoms with E-state index < -0.39 is 47.3 Å². The molecule has 0 N–H and O–H groups in total. The van der Waals surface area contributed by atoms with Crippen LogP contribution in [0.5, 0.6) is 0 Å². The monoisotopic (exact) mass is 343 g/mol. The quantitative estimate of drug-likeness (QED) is 0.571. The number of hydrogen-bond acceptors (Lipinski definition) is 4. The van der Waals surface area contributed by atoms with Crippen molar-refractivity contribution in [2.24, 2.45) is 11.3 Å². The van der Waals surface area contributed by atoms with E-state index in [4.69, 9.17) is 16.3 Å². The second-order valence-electron chi connectivity index (χ2n) is 6.42. The lowest BCUT2D eigenvalue weighted by molar-refractivity contribution is -0.214. The second kappa shape index (κ2) is 5.18. The van der Waals surface area contributed by atoms with Crippen molar-refractivity contribution in [3.63, 3.8) is 0 Å². The van der Waals surface area contributed by atoms with Gasteiger partial charge in [0.1, 0.15) is 5.60 Å². The Balaban J connectivity index is 2.24. The lowest BCUT2D eigenvalue weighted by Crippen LogP contribution is -2.47. The lowest BCUT2D eigenvalue weighted by Gasteiger charge is -2.29. The van der Waals surface area contributed by atoms with Crippen molar-refractivity contribution in [1.29, 1.82) is 0 Å². The second-order valence-corrected chi connectivity index (χ2v) is 6.64. The number of hydrogen-bond donors (Lipinski definition) is 0. The molecule has 0 radical (unpaired) electrons. The zero-order valence-electron chi connectivity index (χ0n) is 12.4. The number of alkyl halides is 4. The van der Waals surface area contributed by atoms with Gasteiger partial charge in [-0.3, -0.25) is 4.79 Å². The maximum absolute atomic E-state index is 13.4. The summed E-state index contributed by atoms with van der Waals surface area (Å²) in [7, 11) is 0. The van der Waals surface area contributed by atoms with Gasteiger partial charge in [0, 0.05) is 12.5 Å². The van der Waals surface area contributed by atoms with E-state index in [0.717, 1.165) is 4.90 Å². The third kappa shape index (κ3) is 2.51. The summed E-state index contributed by atoms with van der Waals surface area (Å²) in [6.45, 7) is 4.97. The first kappa shape index (κ1) is 17.2. The molecule has 1 amide bonds. The molecule has 0 spiro atoms. The summed E-state index contributed by atoms with van der Waals surface area (Å²) in [5, 5.41) is 0. The van der Waals surface area contributed by atoms with Gasteiger partial charge in [0.2, 0.25) is 0 Å². The molecule has 2 aliphatic rings. The maximum atomic E-state index is 13.4. The van der Waals surface area contributed by atoms with Gasteiger partial charge in [-0.1, -0.05) is 11.6 Å². The Morgan fingerprint density at radius 1 is 1.32 bits per heavy atom. The van der Waals surface area contributed by atoms with Crippen LogP contribution in [0.15, 0.2) is 0 Å². The van der Waals surface area contributed by atoms with Gasteiger partial charge in [0.25, 0.3) is 0 Å². The summed E-state index contributed by atoms with van der Waals surface area (Å²) in [5.74, 6) is -2.44. The zero-order valence-corrected chi connectivity index (χ0v) is 13.1. The van der Waals surface area contributed by atoms with Crippen molar-refractivity contribution in [1.82, 2.24) is 4.90 Å². The van der Waals surface area contributed by atoms with Crippen LogP contribution in [0.3, 0.4) is 0 Å². The topological polar surface area (TPSA) is 55.8 Å². The smallest absolute Gasteiger partial charge is 0.410 e. The molecule has 0 unspecified atom stereocenters. The number of rotatable bonds is 2. The highest BCUT2D eigenvalue weighted by Gasteiger charge is 2.87. The Hall–Kier alpha value is -1.18. The van der Waals surface area contributed by atoms with E-state index in [0.29, 0.717) is 0 Å². The normalized spacial score (nSPS) is 30.8. The van der Waals surface area contributed by atoms with Crippen molar-refractivity contribution >= 4 is 23.7 Å². The highest BCUT2D eigenvalue weighted by molar-refractivity contribution is 6.17. The summed E-state index contributed by atoms with van der Waals surface area (Å²) in [4.78, 5) is 24.9. The van der Waals surface area contributed by atoms with E-state index in [9.17, 15) is 22.8 Å². The van der Waals surface area contributed by atoms with Gasteiger partial charge >= 0.3 is 18.2 Å². The number of nitrogens with zero attached hydrogens (tertiary/aromatic N) is 1. The Morgan fingerprint density at radius 2 is 1.91 bits per heavy atom. The third-order valence-corrected chi connectivity index (χ3v) is 4.07. The van der Waals surface area contributed by atoms with E-state index in [-0.39, 0.29) is 13.0 Å². The van der Waals surface area contributed by atoms with Crippen LogP contribution in [0.25, 0.3) is 0 Å². The van der Waals surface area contributed by atoms with Gasteiger partial charge in [-0.2, -0.15) is 13.2 Å². The van der Waals surface area contributed by atoms with Crippen molar-refractivity contribution in [2.75, 3.05) is 12.6 Å². The molecule has 3 atom stereocenters. The van der Waals surface area contributed by atoms with E-state index in [2.05, 4.69) is 4.74 Å². The first-order chi connectivity index (χ1) is 9.96. The van der Waals surface area contributed by atoms with E-state index in [1.807, 2.05) is 0 Å². The number of carbonyl (C=O) groups excluding carboxylic acids is 2. The molecule has 1 saturated carbocycles. The van der Waals surface area contributed by atoms with E-state index in [1.165, 1.54) is 0 Å². The minimum Gasteiger partial charge on any atom is -0.449 e. The molecule has 1 heterocycles. The molecule has 5 nitrogen and oxygen atoms in total. The van der Waals surface area contributed by atoms with Gasteiger partial charge in [-0.15, -0.1) is 0 Å². The van der Waals surface area contributed by atoms with E-state index >= 15 is 0 Å². The fourth-order valence-electron chi connectivity index (χ4n) is 3.17. The first-order valence-electron chi connectivity index (χ1n) is 6.76. The fourth-order valence-corrected chi connectivity index (χ4v) is 3.26. The highest BCUT2D eigenvalue weighted by atomic mass is 35.5. The average Bonchev–Trinajstić information content (AvgIpc) is 2.79. The molecule has 0 aromatic carbocycles. The molecule has 22 heavy (non-hydrogen) atoms. The predicted molar refractivity (Wildman–Crippen MR) is 70.1 cm³/mol. The molecule has 0 aromatic rings. The van der Waals surface area contributed by atoms with Crippen LogP contribution >= 0.6 is 11.6 Å². The molecule has 0 bridgehead atoms. The summed E-state index contributed by atoms with van der Waals surface area (Å²) >= 11 is 5.21. The number of halogens is 4. The summed E-state index contributed by atoms with van der Waals surface area (Å²) < 4.78 is 49.8. The third-order valence-electron chi connectivity index (χ3n) is 3.96. The number of esters is 1. The van der Waals surface area contributed by atoms with E-state index in [1.54, 1.807) is 20.8 Å². The number of likely N-dealkylation sites (tertiary alicyclic amines) is 1. The molecule has 2 fully saturated rings. The van der Waals surface area contributed by atoms with Crippen molar-refractivity contribution in [3.05, 3.63) is 0 Å². The lowest BCUT2D eigenvalue weighted by atomic mass is 9.99. The van der Waals surface area contributed by atoms with Crippen LogP contribution < -0.4 is 0 Å². The van der Waals surface area contributed by atoms with Crippen molar-refractivity contribution < 1.29 is 32.2 Å². The average molecular weight is 344 g/mol. The number of piperidine rings is 1.